The van der Waals surface area contributed by atoms with E-state index in [1.54, 1.807) is 18.4 Å². The maximum absolute atomic E-state index is 12.4. The smallest absolute Gasteiger partial charge is 0.289 e. The molecule has 0 spiro atoms. The molecule has 1 aromatic heterocycles. The molecule has 1 amide bonds. The molecule has 1 aliphatic heterocycles. The van der Waals surface area contributed by atoms with E-state index >= 15 is 0 Å². The Hall–Kier alpha value is -1.33. The summed E-state index contributed by atoms with van der Waals surface area (Å²) in [6.45, 7) is 8.13. The fourth-order valence-electron chi connectivity index (χ4n) is 3.09. The van der Waals surface area contributed by atoms with Gasteiger partial charge in [-0.2, -0.15) is 0 Å². The SMILES string of the molecule is CC1CN(C(=O)c2ccco2)CC(C)N1CCCN(C)C. The molecule has 118 valence electrons. The number of piperazine rings is 1. The maximum atomic E-state index is 12.4. The van der Waals surface area contributed by atoms with Gasteiger partial charge in [0.25, 0.3) is 5.91 Å². The molecule has 0 aromatic carbocycles. The Morgan fingerprint density at radius 3 is 2.52 bits per heavy atom. The summed E-state index contributed by atoms with van der Waals surface area (Å²) in [5.41, 5.74) is 0. The van der Waals surface area contributed by atoms with Crippen molar-refractivity contribution >= 4 is 5.91 Å². The summed E-state index contributed by atoms with van der Waals surface area (Å²) in [5.74, 6) is 0.446. The van der Waals surface area contributed by atoms with Crippen molar-refractivity contribution in [2.75, 3.05) is 40.3 Å². The number of carbonyl (C=O) groups is 1. The number of carbonyl (C=O) groups excluding carboxylic acids is 1. The molecule has 1 saturated heterocycles. The maximum Gasteiger partial charge on any atom is 0.289 e. The number of hydrogen-bond donors (Lipinski definition) is 0. The first-order chi connectivity index (χ1) is 9.99. The van der Waals surface area contributed by atoms with Gasteiger partial charge in [0.2, 0.25) is 0 Å². The highest BCUT2D eigenvalue weighted by Crippen LogP contribution is 2.18. The van der Waals surface area contributed by atoms with Crippen LogP contribution < -0.4 is 0 Å². The van der Waals surface area contributed by atoms with Gasteiger partial charge in [-0.15, -0.1) is 0 Å². The van der Waals surface area contributed by atoms with Crippen LogP contribution in [0.4, 0.5) is 0 Å². The first-order valence-electron chi connectivity index (χ1n) is 7.72. The average Bonchev–Trinajstić information content (AvgIpc) is 2.94. The van der Waals surface area contributed by atoms with Crippen LogP contribution in [-0.2, 0) is 0 Å². The standard InChI is InChI=1S/C16H27N3O2/c1-13-11-18(16(20)15-7-5-10-21-15)12-14(2)19(13)9-6-8-17(3)4/h5,7,10,13-14H,6,8-9,11-12H2,1-4H3. The van der Waals surface area contributed by atoms with E-state index in [0.29, 0.717) is 17.8 Å². The van der Waals surface area contributed by atoms with Crippen LogP contribution in [-0.4, -0.2) is 73.0 Å². The van der Waals surface area contributed by atoms with Crippen molar-refractivity contribution in [1.29, 1.82) is 0 Å². The summed E-state index contributed by atoms with van der Waals surface area (Å²) in [6.07, 6.45) is 2.71. The molecular weight excluding hydrogens is 266 g/mol. The molecule has 0 saturated carbocycles. The minimum Gasteiger partial charge on any atom is -0.459 e. The second kappa shape index (κ2) is 7.09. The molecule has 1 aromatic rings. The Morgan fingerprint density at radius 2 is 2.00 bits per heavy atom. The fourth-order valence-corrected chi connectivity index (χ4v) is 3.09. The van der Waals surface area contributed by atoms with Crippen molar-refractivity contribution in [3.63, 3.8) is 0 Å². The van der Waals surface area contributed by atoms with E-state index in [1.807, 2.05) is 4.90 Å². The molecule has 2 atom stereocenters. The molecule has 5 heteroatoms. The molecule has 0 aliphatic carbocycles. The zero-order valence-corrected chi connectivity index (χ0v) is 13.6. The van der Waals surface area contributed by atoms with E-state index in [2.05, 4.69) is 37.7 Å². The van der Waals surface area contributed by atoms with Gasteiger partial charge in [-0.3, -0.25) is 9.69 Å². The van der Waals surface area contributed by atoms with E-state index in [1.165, 1.54) is 0 Å². The van der Waals surface area contributed by atoms with E-state index in [9.17, 15) is 4.79 Å². The van der Waals surface area contributed by atoms with Gasteiger partial charge in [-0.05, 0) is 53.0 Å². The third-order valence-electron chi connectivity index (χ3n) is 4.14. The molecule has 2 heterocycles. The van der Waals surface area contributed by atoms with E-state index in [4.69, 9.17) is 4.42 Å². The third-order valence-corrected chi connectivity index (χ3v) is 4.14. The monoisotopic (exact) mass is 293 g/mol. The van der Waals surface area contributed by atoms with Crippen LogP contribution in [0.3, 0.4) is 0 Å². The molecule has 21 heavy (non-hydrogen) atoms. The van der Waals surface area contributed by atoms with Crippen molar-refractivity contribution in [3.8, 4) is 0 Å². The molecule has 2 unspecified atom stereocenters. The lowest BCUT2D eigenvalue weighted by Crippen LogP contribution is -2.58. The van der Waals surface area contributed by atoms with Gasteiger partial charge in [0.05, 0.1) is 6.26 Å². The summed E-state index contributed by atoms with van der Waals surface area (Å²) in [5, 5.41) is 0. The van der Waals surface area contributed by atoms with E-state index in [0.717, 1.165) is 32.6 Å². The molecule has 2 rings (SSSR count). The zero-order valence-electron chi connectivity index (χ0n) is 13.6. The van der Waals surface area contributed by atoms with Gasteiger partial charge >= 0.3 is 0 Å². The Kier molecular flexibility index (Phi) is 5.42. The summed E-state index contributed by atoms with van der Waals surface area (Å²) in [6, 6.07) is 4.27. The first-order valence-corrected chi connectivity index (χ1v) is 7.72. The van der Waals surface area contributed by atoms with Gasteiger partial charge in [0.1, 0.15) is 0 Å². The quantitative estimate of drug-likeness (QED) is 0.829. The lowest BCUT2D eigenvalue weighted by atomic mass is 10.1. The van der Waals surface area contributed by atoms with Crippen LogP contribution in [0.2, 0.25) is 0 Å². The van der Waals surface area contributed by atoms with Gasteiger partial charge < -0.3 is 14.2 Å². The van der Waals surface area contributed by atoms with Crippen LogP contribution in [0.5, 0.6) is 0 Å². The lowest BCUT2D eigenvalue weighted by Gasteiger charge is -2.44. The number of amides is 1. The molecule has 1 fully saturated rings. The predicted octanol–water partition coefficient (Wildman–Crippen LogP) is 1.77. The number of rotatable bonds is 5. The van der Waals surface area contributed by atoms with Crippen molar-refractivity contribution < 1.29 is 9.21 Å². The Bertz CT molecular complexity index is 432. The minimum atomic E-state index is 0.00615. The zero-order chi connectivity index (χ0) is 15.4. The van der Waals surface area contributed by atoms with Crippen molar-refractivity contribution in [2.45, 2.75) is 32.4 Å². The molecule has 1 aliphatic rings. The molecule has 0 bridgehead atoms. The highest BCUT2D eigenvalue weighted by Gasteiger charge is 2.32. The molecule has 5 nitrogen and oxygen atoms in total. The second-order valence-electron chi connectivity index (χ2n) is 6.28. The number of hydrogen-bond acceptors (Lipinski definition) is 4. The summed E-state index contributed by atoms with van der Waals surface area (Å²) >= 11 is 0. The van der Waals surface area contributed by atoms with E-state index in [-0.39, 0.29) is 5.91 Å². The molecular formula is C16H27N3O2. The highest BCUT2D eigenvalue weighted by atomic mass is 16.3. The van der Waals surface area contributed by atoms with Gasteiger partial charge in [0, 0.05) is 31.7 Å². The summed E-state index contributed by atoms with van der Waals surface area (Å²) < 4.78 is 5.23. The Labute approximate surface area is 127 Å². The second-order valence-corrected chi connectivity index (χ2v) is 6.28. The third kappa shape index (κ3) is 4.08. The van der Waals surface area contributed by atoms with Gasteiger partial charge in [-0.25, -0.2) is 0 Å². The van der Waals surface area contributed by atoms with Crippen LogP contribution >= 0.6 is 0 Å². The number of nitrogens with zero attached hydrogens (tertiary/aromatic N) is 3. The normalized spacial score (nSPS) is 23.8. The summed E-state index contributed by atoms with van der Waals surface area (Å²) in [4.78, 5) is 19.0. The average molecular weight is 293 g/mol. The fraction of sp³-hybridized carbons (Fsp3) is 0.688. The Morgan fingerprint density at radius 1 is 1.33 bits per heavy atom. The van der Waals surface area contributed by atoms with Crippen molar-refractivity contribution in [2.24, 2.45) is 0 Å². The van der Waals surface area contributed by atoms with Crippen LogP contribution in [0.15, 0.2) is 22.8 Å². The van der Waals surface area contributed by atoms with Crippen LogP contribution in [0.25, 0.3) is 0 Å². The number of furan rings is 1. The topological polar surface area (TPSA) is 39.9 Å². The van der Waals surface area contributed by atoms with E-state index < -0.39 is 0 Å². The van der Waals surface area contributed by atoms with Crippen LogP contribution in [0.1, 0.15) is 30.8 Å². The lowest BCUT2D eigenvalue weighted by molar-refractivity contribution is 0.0274. The van der Waals surface area contributed by atoms with Crippen LogP contribution in [0, 0.1) is 0 Å². The molecule has 0 N–H and O–H groups in total. The minimum absolute atomic E-state index is 0.00615. The van der Waals surface area contributed by atoms with Gasteiger partial charge in [0.15, 0.2) is 5.76 Å². The van der Waals surface area contributed by atoms with Gasteiger partial charge in [-0.1, -0.05) is 0 Å². The Balaban J connectivity index is 1.91. The largest absolute Gasteiger partial charge is 0.459 e. The van der Waals surface area contributed by atoms with Crippen molar-refractivity contribution in [1.82, 2.24) is 14.7 Å². The summed E-state index contributed by atoms with van der Waals surface area (Å²) in [7, 11) is 4.21. The predicted molar refractivity (Wildman–Crippen MR) is 83.4 cm³/mol. The first kappa shape index (κ1) is 16.0. The molecule has 0 radical (unpaired) electrons. The highest BCUT2D eigenvalue weighted by molar-refractivity contribution is 5.91. The van der Waals surface area contributed by atoms with Crippen molar-refractivity contribution in [3.05, 3.63) is 24.2 Å².